The maximum absolute atomic E-state index is 12.2. The predicted molar refractivity (Wildman–Crippen MR) is 100 cm³/mol. The van der Waals surface area contributed by atoms with Crippen molar-refractivity contribution in [3.05, 3.63) is 48.2 Å². The van der Waals surface area contributed by atoms with E-state index in [0.717, 1.165) is 24.2 Å². The molecule has 5 heteroatoms. The normalized spacial score (nSPS) is 15.2. The van der Waals surface area contributed by atoms with E-state index in [4.69, 9.17) is 4.74 Å². The highest BCUT2D eigenvalue weighted by atomic mass is 16.5. The number of anilines is 3. The van der Waals surface area contributed by atoms with Crippen LogP contribution in [0.15, 0.2) is 42.6 Å². The Morgan fingerprint density at radius 1 is 1.08 bits per heavy atom. The quantitative estimate of drug-likeness (QED) is 0.852. The molecule has 0 aliphatic carbocycles. The maximum atomic E-state index is 12.2. The number of aromatic nitrogens is 1. The van der Waals surface area contributed by atoms with Gasteiger partial charge in [0.2, 0.25) is 5.91 Å². The summed E-state index contributed by atoms with van der Waals surface area (Å²) in [7, 11) is 0. The van der Waals surface area contributed by atoms with E-state index in [2.05, 4.69) is 53.7 Å². The van der Waals surface area contributed by atoms with Gasteiger partial charge in [0.05, 0.1) is 11.9 Å². The molecule has 0 bridgehead atoms. The highest BCUT2D eigenvalue weighted by molar-refractivity contribution is 5.91. The second-order valence-electron chi connectivity index (χ2n) is 6.71. The molecule has 1 aromatic carbocycles. The molecule has 2 aromatic rings. The first kappa shape index (κ1) is 17.4. The Morgan fingerprint density at radius 2 is 1.76 bits per heavy atom. The standard InChI is InChI=1S/C20H25N3O2/c1-14(2)15-3-5-17(6-4-15)22-18-7-8-19(21-13-18)23-20(24)16-9-11-25-12-10-16/h3-8,13-14,16,22H,9-12H2,1-2H3,(H,21,23,24). The third-order valence-corrected chi connectivity index (χ3v) is 4.47. The zero-order valence-corrected chi connectivity index (χ0v) is 14.8. The molecule has 0 saturated carbocycles. The smallest absolute Gasteiger partial charge is 0.228 e. The number of rotatable bonds is 5. The monoisotopic (exact) mass is 339 g/mol. The first-order chi connectivity index (χ1) is 12.1. The molecular formula is C20H25N3O2. The van der Waals surface area contributed by atoms with Gasteiger partial charge in [-0.2, -0.15) is 0 Å². The predicted octanol–water partition coefficient (Wildman–Crippen LogP) is 4.31. The number of hydrogen-bond acceptors (Lipinski definition) is 4. The number of amides is 1. The summed E-state index contributed by atoms with van der Waals surface area (Å²) >= 11 is 0. The molecule has 132 valence electrons. The molecule has 2 N–H and O–H groups in total. The Hall–Kier alpha value is -2.40. The lowest BCUT2D eigenvalue weighted by Gasteiger charge is -2.20. The molecule has 1 amide bonds. The number of carbonyl (C=O) groups is 1. The fourth-order valence-electron chi connectivity index (χ4n) is 2.85. The third-order valence-electron chi connectivity index (χ3n) is 4.47. The van der Waals surface area contributed by atoms with Crippen LogP contribution >= 0.6 is 0 Å². The first-order valence-corrected chi connectivity index (χ1v) is 8.83. The molecule has 0 spiro atoms. The van der Waals surface area contributed by atoms with Crippen LogP contribution < -0.4 is 10.6 Å². The molecule has 0 unspecified atom stereocenters. The lowest BCUT2D eigenvalue weighted by atomic mass is 9.99. The van der Waals surface area contributed by atoms with E-state index < -0.39 is 0 Å². The number of hydrogen-bond donors (Lipinski definition) is 2. The van der Waals surface area contributed by atoms with Crippen molar-refractivity contribution < 1.29 is 9.53 Å². The van der Waals surface area contributed by atoms with E-state index in [-0.39, 0.29) is 11.8 Å². The summed E-state index contributed by atoms with van der Waals surface area (Å²) in [6.07, 6.45) is 3.28. The minimum Gasteiger partial charge on any atom is -0.381 e. The highest BCUT2D eigenvalue weighted by Gasteiger charge is 2.21. The molecule has 0 atom stereocenters. The lowest BCUT2D eigenvalue weighted by molar-refractivity contribution is -0.122. The van der Waals surface area contributed by atoms with Gasteiger partial charge >= 0.3 is 0 Å². The van der Waals surface area contributed by atoms with Crippen LogP contribution in [0.5, 0.6) is 0 Å². The summed E-state index contributed by atoms with van der Waals surface area (Å²) < 4.78 is 5.29. The van der Waals surface area contributed by atoms with Gasteiger partial charge in [-0.3, -0.25) is 4.79 Å². The topological polar surface area (TPSA) is 63.2 Å². The van der Waals surface area contributed by atoms with Crippen molar-refractivity contribution in [3.8, 4) is 0 Å². The minimum atomic E-state index is 0.0211. The van der Waals surface area contributed by atoms with Gasteiger partial charge < -0.3 is 15.4 Å². The molecule has 1 aromatic heterocycles. The van der Waals surface area contributed by atoms with Crippen molar-refractivity contribution in [2.24, 2.45) is 5.92 Å². The van der Waals surface area contributed by atoms with Crippen LogP contribution in [0.25, 0.3) is 0 Å². The van der Waals surface area contributed by atoms with Crippen molar-refractivity contribution >= 4 is 23.1 Å². The van der Waals surface area contributed by atoms with Gasteiger partial charge in [-0.15, -0.1) is 0 Å². The number of benzene rings is 1. The molecule has 1 aliphatic rings. The SMILES string of the molecule is CC(C)c1ccc(Nc2ccc(NC(=O)C3CCOCC3)nc2)cc1. The second kappa shape index (κ2) is 8.12. The van der Waals surface area contributed by atoms with Crippen LogP contribution in [-0.4, -0.2) is 24.1 Å². The molecule has 1 saturated heterocycles. The zero-order chi connectivity index (χ0) is 17.6. The van der Waals surface area contributed by atoms with Crippen molar-refractivity contribution in [3.63, 3.8) is 0 Å². The molecule has 25 heavy (non-hydrogen) atoms. The zero-order valence-electron chi connectivity index (χ0n) is 14.8. The number of nitrogens with zero attached hydrogens (tertiary/aromatic N) is 1. The van der Waals surface area contributed by atoms with E-state index >= 15 is 0 Å². The summed E-state index contributed by atoms with van der Waals surface area (Å²) in [5, 5.41) is 6.21. The van der Waals surface area contributed by atoms with Crippen LogP contribution in [0.1, 0.15) is 38.2 Å². The van der Waals surface area contributed by atoms with E-state index in [1.165, 1.54) is 5.56 Å². The molecule has 5 nitrogen and oxygen atoms in total. The molecule has 1 aliphatic heterocycles. The molecular weight excluding hydrogens is 314 g/mol. The van der Waals surface area contributed by atoms with Crippen LogP contribution in [0.2, 0.25) is 0 Å². The molecule has 2 heterocycles. The Bertz CT molecular complexity index is 690. The first-order valence-electron chi connectivity index (χ1n) is 8.83. The van der Waals surface area contributed by atoms with E-state index in [1.54, 1.807) is 6.20 Å². The van der Waals surface area contributed by atoms with Gasteiger partial charge in [0, 0.05) is 24.8 Å². The van der Waals surface area contributed by atoms with Crippen LogP contribution in [0, 0.1) is 5.92 Å². The van der Waals surface area contributed by atoms with Crippen LogP contribution in [0.4, 0.5) is 17.2 Å². The Kier molecular flexibility index (Phi) is 5.66. The summed E-state index contributed by atoms with van der Waals surface area (Å²) in [6.45, 7) is 5.67. The average molecular weight is 339 g/mol. The third kappa shape index (κ3) is 4.79. The van der Waals surface area contributed by atoms with E-state index in [1.807, 2.05) is 12.1 Å². The number of pyridine rings is 1. The largest absolute Gasteiger partial charge is 0.381 e. The summed E-state index contributed by atoms with van der Waals surface area (Å²) in [5.74, 6) is 1.15. The van der Waals surface area contributed by atoms with E-state index in [0.29, 0.717) is 24.9 Å². The van der Waals surface area contributed by atoms with Gasteiger partial charge in [0.25, 0.3) is 0 Å². The van der Waals surface area contributed by atoms with E-state index in [9.17, 15) is 4.79 Å². The van der Waals surface area contributed by atoms with Crippen molar-refractivity contribution in [2.75, 3.05) is 23.8 Å². The molecule has 3 rings (SSSR count). The molecule has 1 fully saturated rings. The second-order valence-corrected chi connectivity index (χ2v) is 6.71. The van der Waals surface area contributed by atoms with Gasteiger partial charge in [0.15, 0.2) is 0 Å². The lowest BCUT2D eigenvalue weighted by Crippen LogP contribution is -2.28. The maximum Gasteiger partial charge on any atom is 0.228 e. The van der Waals surface area contributed by atoms with Gasteiger partial charge in [-0.05, 0) is 48.6 Å². The number of ether oxygens (including phenoxy) is 1. The number of nitrogens with one attached hydrogen (secondary N) is 2. The molecule has 0 radical (unpaired) electrons. The highest BCUT2D eigenvalue weighted by Crippen LogP contribution is 2.21. The fourth-order valence-corrected chi connectivity index (χ4v) is 2.85. The summed E-state index contributed by atoms with van der Waals surface area (Å²) in [4.78, 5) is 16.5. The van der Waals surface area contributed by atoms with Crippen LogP contribution in [-0.2, 0) is 9.53 Å². The minimum absolute atomic E-state index is 0.0211. The number of carbonyl (C=O) groups excluding carboxylic acids is 1. The van der Waals surface area contributed by atoms with Gasteiger partial charge in [-0.1, -0.05) is 26.0 Å². The Balaban J connectivity index is 1.57. The Labute approximate surface area is 148 Å². The fraction of sp³-hybridized carbons (Fsp3) is 0.400. The van der Waals surface area contributed by atoms with Crippen molar-refractivity contribution in [1.29, 1.82) is 0 Å². The Morgan fingerprint density at radius 3 is 2.36 bits per heavy atom. The van der Waals surface area contributed by atoms with Gasteiger partial charge in [-0.25, -0.2) is 4.98 Å². The van der Waals surface area contributed by atoms with Crippen molar-refractivity contribution in [1.82, 2.24) is 4.98 Å². The van der Waals surface area contributed by atoms with Gasteiger partial charge in [0.1, 0.15) is 5.82 Å². The summed E-state index contributed by atoms with van der Waals surface area (Å²) in [5.41, 5.74) is 3.22. The summed E-state index contributed by atoms with van der Waals surface area (Å²) in [6, 6.07) is 12.1. The average Bonchev–Trinajstić information content (AvgIpc) is 2.64. The van der Waals surface area contributed by atoms with Crippen LogP contribution in [0.3, 0.4) is 0 Å². The van der Waals surface area contributed by atoms with Crippen molar-refractivity contribution in [2.45, 2.75) is 32.6 Å².